The third-order valence-corrected chi connectivity index (χ3v) is 4.37. The zero-order valence-corrected chi connectivity index (χ0v) is 15.6. The molecule has 0 bridgehead atoms. The SMILES string of the molecule is COc1ccc(N2C(=O)/C(=C\c3cccc(Br)c3)C(=O)NC2=S)cc1. The maximum atomic E-state index is 12.9. The van der Waals surface area contributed by atoms with E-state index in [0.29, 0.717) is 11.4 Å². The largest absolute Gasteiger partial charge is 0.497 e. The van der Waals surface area contributed by atoms with E-state index in [4.69, 9.17) is 17.0 Å². The highest BCUT2D eigenvalue weighted by molar-refractivity contribution is 9.10. The topological polar surface area (TPSA) is 58.6 Å². The first-order valence-corrected chi connectivity index (χ1v) is 8.51. The fourth-order valence-electron chi connectivity index (χ4n) is 2.39. The van der Waals surface area contributed by atoms with Crippen LogP contribution >= 0.6 is 28.1 Å². The van der Waals surface area contributed by atoms with Crippen LogP contribution in [-0.4, -0.2) is 24.0 Å². The second-order valence-corrected chi connectivity index (χ2v) is 6.51. The number of ether oxygens (including phenoxy) is 1. The highest BCUT2D eigenvalue weighted by atomic mass is 79.9. The molecule has 126 valence electrons. The van der Waals surface area contributed by atoms with Gasteiger partial charge in [-0.05, 0) is 60.3 Å². The summed E-state index contributed by atoms with van der Waals surface area (Å²) in [4.78, 5) is 26.4. The lowest BCUT2D eigenvalue weighted by Crippen LogP contribution is -2.54. The molecule has 2 amide bonds. The second-order valence-electron chi connectivity index (χ2n) is 5.21. The zero-order chi connectivity index (χ0) is 18.0. The van der Waals surface area contributed by atoms with Crippen LogP contribution in [0.25, 0.3) is 6.08 Å². The smallest absolute Gasteiger partial charge is 0.270 e. The van der Waals surface area contributed by atoms with Gasteiger partial charge in [0.15, 0.2) is 5.11 Å². The van der Waals surface area contributed by atoms with E-state index in [1.54, 1.807) is 37.5 Å². The van der Waals surface area contributed by atoms with Crippen LogP contribution < -0.4 is 15.0 Å². The van der Waals surface area contributed by atoms with E-state index in [2.05, 4.69) is 21.2 Å². The lowest BCUT2D eigenvalue weighted by atomic mass is 10.1. The standard InChI is InChI=1S/C18H13BrN2O3S/c1-24-14-7-5-13(6-8-14)21-17(23)15(16(22)20-18(21)25)10-11-3-2-4-12(19)9-11/h2-10H,1H3,(H,20,22,25)/b15-10-. The molecule has 0 unspecified atom stereocenters. The molecule has 5 nitrogen and oxygen atoms in total. The summed E-state index contributed by atoms with van der Waals surface area (Å²) in [6.07, 6.45) is 1.54. The van der Waals surface area contributed by atoms with Crippen LogP contribution in [0.2, 0.25) is 0 Å². The van der Waals surface area contributed by atoms with E-state index in [1.165, 1.54) is 4.90 Å². The number of carbonyl (C=O) groups is 2. The molecule has 2 aromatic rings. The third kappa shape index (κ3) is 3.62. The molecule has 1 N–H and O–H groups in total. The average molecular weight is 417 g/mol. The molecule has 2 aromatic carbocycles. The first-order chi connectivity index (χ1) is 12.0. The number of nitrogens with zero attached hydrogens (tertiary/aromatic N) is 1. The van der Waals surface area contributed by atoms with Gasteiger partial charge in [-0.1, -0.05) is 28.1 Å². The molecular formula is C18H13BrN2O3S. The number of methoxy groups -OCH3 is 1. The molecule has 0 aromatic heterocycles. The molecule has 25 heavy (non-hydrogen) atoms. The molecule has 0 saturated carbocycles. The summed E-state index contributed by atoms with van der Waals surface area (Å²) in [7, 11) is 1.56. The van der Waals surface area contributed by atoms with Gasteiger partial charge in [-0.25, -0.2) is 0 Å². The molecule has 1 aliphatic heterocycles. The van der Waals surface area contributed by atoms with Gasteiger partial charge >= 0.3 is 0 Å². The highest BCUT2D eigenvalue weighted by Gasteiger charge is 2.34. The van der Waals surface area contributed by atoms with Crippen molar-refractivity contribution in [1.29, 1.82) is 0 Å². The lowest BCUT2D eigenvalue weighted by molar-refractivity contribution is -0.122. The van der Waals surface area contributed by atoms with Crippen LogP contribution in [0.5, 0.6) is 5.75 Å². The third-order valence-electron chi connectivity index (χ3n) is 3.59. The molecular weight excluding hydrogens is 404 g/mol. The molecule has 1 fully saturated rings. The molecule has 1 aliphatic rings. The van der Waals surface area contributed by atoms with E-state index < -0.39 is 11.8 Å². The quantitative estimate of drug-likeness (QED) is 0.473. The van der Waals surface area contributed by atoms with Gasteiger partial charge < -0.3 is 4.74 Å². The Morgan fingerprint density at radius 1 is 1.16 bits per heavy atom. The summed E-state index contributed by atoms with van der Waals surface area (Å²) in [6, 6.07) is 14.2. The summed E-state index contributed by atoms with van der Waals surface area (Å²) in [6.45, 7) is 0. The van der Waals surface area contributed by atoms with Crippen molar-refractivity contribution in [1.82, 2.24) is 5.32 Å². The minimum atomic E-state index is -0.514. The number of benzene rings is 2. The molecule has 0 aliphatic carbocycles. The number of anilines is 1. The fraction of sp³-hybridized carbons (Fsp3) is 0.0556. The maximum absolute atomic E-state index is 12.9. The molecule has 7 heteroatoms. The predicted molar refractivity (Wildman–Crippen MR) is 103 cm³/mol. The summed E-state index contributed by atoms with van der Waals surface area (Å²) < 4.78 is 5.97. The summed E-state index contributed by atoms with van der Waals surface area (Å²) in [5.74, 6) is -0.327. The Kier molecular flexibility index (Phi) is 4.96. The van der Waals surface area contributed by atoms with Crippen LogP contribution in [0.15, 0.2) is 58.6 Å². The van der Waals surface area contributed by atoms with Gasteiger partial charge in [0.25, 0.3) is 11.8 Å². The Morgan fingerprint density at radius 2 is 1.88 bits per heavy atom. The van der Waals surface area contributed by atoms with Crippen molar-refractivity contribution in [3.8, 4) is 5.75 Å². The van der Waals surface area contributed by atoms with Gasteiger partial charge in [0, 0.05) is 4.47 Å². The number of halogens is 1. The van der Waals surface area contributed by atoms with Gasteiger partial charge in [0.2, 0.25) is 0 Å². The molecule has 1 saturated heterocycles. The minimum Gasteiger partial charge on any atom is -0.497 e. The van der Waals surface area contributed by atoms with Crippen LogP contribution in [0.3, 0.4) is 0 Å². The van der Waals surface area contributed by atoms with Crippen molar-refractivity contribution in [2.45, 2.75) is 0 Å². The number of rotatable bonds is 3. The van der Waals surface area contributed by atoms with E-state index >= 15 is 0 Å². The maximum Gasteiger partial charge on any atom is 0.270 e. The predicted octanol–water partition coefficient (Wildman–Crippen LogP) is 3.29. The number of thiocarbonyl (C=S) groups is 1. The Morgan fingerprint density at radius 3 is 2.52 bits per heavy atom. The molecule has 3 rings (SSSR count). The van der Waals surface area contributed by atoms with Gasteiger partial charge in [-0.3, -0.25) is 19.8 Å². The van der Waals surface area contributed by atoms with Crippen LogP contribution in [0.1, 0.15) is 5.56 Å². The number of hydrogen-bond acceptors (Lipinski definition) is 4. The Labute approximate surface area is 158 Å². The highest BCUT2D eigenvalue weighted by Crippen LogP contribution is 2.24. The summed E-state index contributed by atoms with van der Waals surface area (Å²) in [5, 5.41) is 2.61. The van der Waals surface area contributed by atoms with E-state index in [1.807, 2.05) is 24.3 Å². The van der Waals surface area contributed by atoms with Gasteiger partial charge in [0.1, 0.15) is 11.3 Å². The number of nitrogens with one attached hydrogen (secondary N) is 1. The first-order valence-electron chi connectivity index (χ1n) is 7.30. The summed E-state index contributed by atoms with van der Waals surface area (Å²) >= 11 is 8.54. The van der Waals surface area contributed by atoms with Gasteiger partial charge in [-0.2, -0.15) is 0 Å². The van der Waals surface area contributed by atoms with Crippen LogP contribution in [0, 0.1) is 0 Å². The number of hydrogen-bond donors (Lipinski definition) is 1. The van der Waals surface area contributed by atoms with Crippen LogP contribution in [0.4, 0.5) is 5.69 Å². The second kappa shape index (κ2) is 7.16. The van der Waals surface area contributed by atoms with Crippen molar-refractivity contribution in [3.63, 3.8) is 0 Å². The zero-order valence-electron chi connectivity index (χ0n) is 13.2. The monoisotopic (exact) mass is 416 g/mol. The molecule has 1 heterocycles. The lowest BCUT2D eigenvalue weighted by Gasteiger charge is -2.29. The van der Waals surface area contributed by atoms with Crippen molar-refractivity contribution >= 4 is 56.8 Å². The van der Waals surface area contributed by atoms with E-state index in [9.17, 15) is 9.59 Å². The van der Waals surface area contributed by atoms with Crippen molar-refractivity contribution in [2.24, 2.45) is 0 Å². The van der Waals surface area contributed by atoms with Crippen molar-refractivity contribution in [3.05, 3.63) is 64.1 Å². The number of carbonyl (C=O) groups excluding carboxylic acids is 2. The normalized spacial score (nSPS) is 16.2. The van der Waals surface area contributed by atoms with E-state index in [-0.39, 0.29) is 10.7 Å². The van der Waals surface area contributed by atoms with E-state index in [0.717, 1.165) is 10.0 Å². The van der Waals surface area contributed by atoms with Crippen molar-refractivity contribution in [2.75, 3.05) is 12.0 Å². The Balaban J connectivity index is 1.99. The van der Waals surface area contributed by atoms with Crippen molar-refractivity contribution < 1.29 is 14.3 Å². The van der Waals surface area contributed by atoms with Crippen LogP contribution in [-0.2, 0) is 9.59 Å². The minimum absolute atomic E-state index is 0.0162. The number of amides is 2. The molecule has 0 spiro atoms. The molecule has 0 radical (unpaired) electrons. The van der Waals surface area contributed by atoms with Gasteiger partial charge in [-0.15, -0.1) is 0 Å². The Hall–Kier alpha value is -2.51. The molecule has 0 atom stereocenters. The van der Waals surface area contributed by atoms with Gasteiger partial charge in [0.05, 0.1) is 12.8 Å². The Bertz CT molecular complexity index is 893. The fourth-order valence-corrected chi connectivity index (χ4v) is 3.08. The first kappa shape index (κ1) is 17.3. The summed E-state index contributed by atoms with van der Waals surface area (Å²) in [5.41, 5.74) is 1.30. The average Bonchev–Trinajstić information content (AvgIpc) is 2.59.